The van der Waals surface area contributed by atoms with Gasteiger partial charge in [0.25, 0.3) is 0 Å². The first-order chi connectivity index (χ1) is 7.18. The van der Waals surface area contributed by atoms with Crippen molar-refractivity contribution in [2.75, 3.05) is 0 Å². The van der Waals surface area contributed by atoms with Gasteiger partial charge in [-0.05, 0) is 50.9 Å². The van der Waals surface area contributed by atoms with Crippen LogP contribution < -0.4 is 0 Å². The second-order valence-corrected chi connectivity index (χ2v) is 4.53. The van der Waals surface area contributed by atoms with Crippen molar-refractivity contribution in [1.82, 2.24) is 0 Å². The molecule has 0 aromatic rings. The average Bonchev–Trinajstić information content (AvgIpc) is 2.21. The van der Waals surface area contributed by atoms with Crippen molar-refractivity contribution in [2.24, 2.45) is 5.92 Å². The van der Waals surface area contributed by atoms with Crippen molar-refractivity contribution >= 4 is 0 Å². The van der Waals surface area contributed by atoms with Crippen LogP contribution >= 0.6 is 0 Å². The number of unbranched alkanes of at least 4 members (excludes halogenated alkanes) is 2. The van der Waals surface area contributed by atoms with Crippen LogP contribution in [0, 0.1) is 11.8 Å². The lowest BCUT2D eigenvalue weighted by atomic mass is 9.92. The molecular weight excluding hydrogens is 180 g/mol. The summed E-state index contributed by atoms with van der Waals surface area (Å²) in [5.41, 5.74) is 0. The Hall–Kier alpha value is -0.520. The molecule has 0 fully saturated rings. The van der Waals surface area contributed by atoms with Crippen molar-refractivity contribution < 1.29 is 0 Å². The first kappa shape index (κ1) is 14.5. The minimum Gasteiger partial charge on any atom is -0.0917 e. The van der Waals surface area contributed by atoms with E-state index in [-0.39, 0.29) is 0 Å². The fourth-order valence-electron chi connectivity index (χ4n) is 1.43. The Morgan fingerprint density at radius 2 is 1.60 bits per heavy atom. The van der Waals surface area contributed by atoms with Gasteiger partial charge in [-0.2, -0.15) is 0 Å². The molecule has 15 heavy (non-hydrogen) atoms. The van der Waals surface area contributed by atoms with Gasteiger partial charge in [-0.25, -0.2) is 0 Å². The van der Waals surface area contributed by atoms with Crippen LogP contribution in [0.15, 0.2) is 24.3 Å². The third-order valence-corrected chi connectivity index (χ3v) is 2.90. The molecule has 87 valence electrons. The minimum atomic E-state index is 0.793. The summed E-state index contributed by atoms with van der Waals surface area (Å²) in [7, 11) is 0. The molecule has 0 bridgehead atoms. The van der Waals surface area contributed by atoms with E-state index in [1.54, 1.807) is 5.92 Å². The third kappa shape index (κ3) is 9.78. The second kappa shape index (κ2) is 10.0. The molecule has 0 aliphatic carbocycles. The van der Waals surface area contributed by atoms with Gasteiger partial charge in [0.2, 0.25) is 0 Å². The predicted octanol–water partition coefficient (Wildman–Crippen LogP) is 5.32. The first-order valence-corrected chi connectivity index (χ1v) is 6.24. The lowest BCUT2D eigenvalue weighted by molar-refractivity contribution is 0.530. The normalized spacial score (nSPS) is 14.5. The Morgan fingerprint density at radius 1 is 1.00 bits per heavy atom. The SMILES string of the molecule is C/C=C/CC/C=C/CCCC(C)[C](C)C. The third-order valence-electron chi connectivity index (χ3n) is 2.90. The summed E-state index contributed by atoms with van der Waals surface area (Å²) in [4.78, 5) is 0. The van der Waals surface area contributed by atoms with Gasteiger partial charge in [-0.1, -0.05) is 45.1 Å². The summed E-state index contributed by atoms with van der Waals surface area (Å²) in [5, 5.41) is 0. The molecule has 0 aromatic carbocycles. The standard InChI is InChI=1S/C15H27/c1-5-6-7-8-9-10-11-12-13-15(4)14(2)3/h5-6,9-10,15H,7-8,11-13H2,1-4H3/b6-5+,10-9+. The van der Waals surface area contributed by atoms with Crippen LogP contribution in [-0.4, -0.2) is 0 Å². The van der Waals surface area contributed by atoms with Gasteiger partial charge >= 0.3 is 0 Å². The zero-order valence-corrected chi connectivity index (χ0v) is 10.9. The molecule has 0 aliphatic rings. The van der Waals surface area contributed by atoms with Gasteiger partial charge in [-0.3, -0.25) is 0 Å². The smallest absolute Gasteiger partial charge is 0.0275 e. The van der Waals surface area contributed by atoms with Gasteiger partial charge in [0.1, 0.15) is 0 Å². The van der Waals surface area contributed by atoms with E-state index in [1.165, 1.54) is 32.1 Å². The maximum atomic E-state index is 2.33. The van der Waals surface area contributed by atoms with E-state index >= 15 is 0 Å². The largest absolute Gasteiger partial charge is 0.0917 e. The van der Waals surface area contributed by atoms with E-state index < -0.39 is 0 Å². The highest BCUT2D eigenvalue weighted by molar-refractivity contribution is 4.88. The van der Waals surface area contributed by atoms with E-state index in [9.17, 15) is 0 Å². The highest BCUT2D eigenvalue weighted by atomic mass is 14.1. The molecule has 0 heteroatoms. The quantitative estimate of drug-likeness (QED) is 0.373. The molecule has 0 spiro atoms. The second-order valence-electron chi connectivity index (χ2n) is 4.53. The van der Waals surface area contributed by atoms with Crippen LogP contribution in [0.5, 0.6) is 0 Å². The van der Waals surface area contributed by atoms with Crippen molar-refractivity contribution in [2.45, 2.75) is 59.8 Å². The van der Waals surface area contributed by atoms with Crippen LogP contribution in [0.2, 0.25) is 0 Å². The molecule has 1 radical (unpaired) electrons. The molecule has 0 N–H and O–H groups in total. The molecule has 0 nitrogen and oxygen atoms in total. The predicted molar refractivity (Wildman–Crippen MR) is 70.8 cm³/mol. The molecule has 1 unspecified atom stereocenters. The van der Waals surface area contributed by atoms with Gasteiger partial charge in [0.15, 0.2) is 0 Å². The lowest BCUT2D eigenvalue weighted by Gasteiger charge is -2.13. The van der Waals surface area contributed by atoms with E-state index in [0.29, 0.717) is 0 Å². The topological polar surface area (TPSA) is 0 Å². The Bertz CT molecular complexity index is 174. The zero-order valence-electron chi connectivity index (χ0n) is 10.9. The van der Waals surface area contributed by atoms with Gasteiger partial charge in [0.05, 0.1) is 0 Å². The Balaban J connectivity index is 3.30. The van der Waals surface area contributed by atoms with Crippen molar-refractivity contribution in [3.05, 3.63) is 30.2 Å². The van der Waals surface area contributed by atoms with Crippen LogP contribution in [0.25, 0.3) is 0 Å². The monoisotopic (exact) mass is 207 g/mol. The zero-order chi connectivity index (χ0) is 11.5. The van der Waals surface area contributed by atoms with Crippen molar-refractivity contribution in [3.63, 3.8) is 0 Å². The summed E-state index contributed by atoms with van der Waals surface area (Å²) in [6, 6.07) is 0. The highest BCUT2D eigenvalue weighted by Crippen LogP contribution is 2.18. The van der Waals surface area contributed by atoms with E-state index in [4.69, 9.17) is 0 Å². The van der Waals surface area contributed by atoms with Gasteiger partial charge in [-0.15, -0.1) is 0 Å². The van der Waals surface area contributed by atoms with Crippen LogP contribution in [0.3, 0.4) is 0 Å². The fourth-order valence-corrected chi connectivity index (χ4v) is 1.43. The van der Waals surface area contributed by atoms with Gasteiger partial charge in [0, 0.05) is 0 Å². The number of rotatable bonds is 8. The van der Waals surface area contributed by atoms with Crippen LogP contribution in [0.4, 0.5) is 0 Å². The summed E-state index contributed by atoms with van der Waals surface area (Å²) < 4.78 is 0. The summed E-state index contributed by atoms with van der Waals surface area (Å²) in [6.45, 7) is 8.87. The molecule has 1 atom stereocenters. The number of allylic oxidation sites excluding steroid dienone is 4. The van der Waals surface area contributed by atoms with Gasteiger partial charge < -0.3 is 0 Å². The summed E-state index contributed by atoms with van der Waals surface area (Å²) >= 11 is 0. The average molecular weight is 207 g/mol. The summed E-state index contributed by atoms with van der Waals surface area (Å²) in [5.74, 6) is 2.36. The van der Waals surface area contributed by atoms with Crippen molar-refractivity contribution in [3.8, 4) is 0 Å². The Morgan fingerprint density at radius 3 is 2.20 bits per heavy atom. The summed E-state index contributed by atoms with van der Waals surface area (Å²) in [6.07, 6.45) is 15.3. The Kier molecular flexibility index (Phi) is 9.67. The van der Waals surface area contributed by atoms with E-state index in [1.807, 2.05) is 0 Å². The minimum absolute atomic E-state index is 0.793. The molecule has 0 saturated carbocycles. The molecule has 0 rings (SSSR count). The fraction of sp³-hybridized carbons (Fsp3) is 0.667. The molecule has 0 aromatic heterocycles. The van der Waals surface area contributed by atoms with Crippen LogP contribution in [0.1, 0.15) is 59.8 Å². The first-order valence-electron chi connectivity index (χ1n) is 6.24. The van der Waals surface area contributed by atoms with Crippen molar-refractivity contribution in [1.29, 1.82) is 0 Å². The number of hydrogen-bond acceptors (Lipinski definition) is 0. The van der Waals surface area contributed by atoms with E-state index in [2.05, 4.69) is 52.0 Å². The highest BCUT2D eigenvalue weighted by Gasteiger charge is 2.05. The molecule has 0 heterocycles. The molecule has 0 aliphatic heterocycles. The molecule has 0 amide bonds. The molecular formula is C15H27. The maximum Gasteiger partial charge on any atom is -0.0275 e. The van der Waals surface area contributed by atoms with Crippen LogP contribution in [-0.2, 0) is 0 Å². The van der Waals surface area contributed by atoms with E-state index in [0.717, 1.165) is 5.92 Å². The molecule has 0 saturated heterocycles. The Labute approximate surface area is 96.5 Å². The lowest BCUT2D eigenvalue weighted by Crippen LogP contribution is -2.00. The maximum absolute atomic E-state index is 2.33. The number of hydrogen-bond donors (Lipinski definition) is 0.